The number of piperidine rings is 1. The van der Waals surface area contributed by atoms with E-state index in [4.69, 9.17) is 16.3 Å². The molecule has 1 unspecified atom stereocenters. The Hall–Kier alpha value is -1.79. The van der Waals surface area contributed by atoms with E-state index in [1.54, 1.807) is 32.4 Å². The summed E-state index contributed by atoms with van der Waals surface area (Å²) in [6.07, 6.45) is 0.933. The third kappa shape index (κ3) is 3.99. The van der Waals surface area contributed by atoms with E-state index in [9.17, 15) is 14.7 Å². The maximum Gasteiger partial charge on any atom is 0.256 e. The number of methoxy groups -OCH3 is 1. The number of hydrogen-bond acceptors (Lipinski definition) is 4. The van der Waals surface area contributed by atoms with Crippen molar-refractivity contribution >= 4 is 23.4 Å². The van der Waals surface area contributed by atoms with Gasteiger partial charge in [0.25, 0.3) is 5.91 Å². The van der Waals surface area contributed by atoms with Crippen LogP contribution in [-0.4, -0.2) is 59.6 Å². The smallest absolute Gasteiger partial charge is 0.256 e. The highest BCUT2D eigenvalue weighted by molar-refractivity contribution is 6.30. The van der Waals surface area contributed by atoms with Gasteiger partial charge in [-0.15, -0.1) is 0 Å². The van der Waals surface area contributed by atoms with Gasteiger partial charge in [-0.2, -0.15) is 0 Å². The van der Waals surface area contributed by atoms with Crippen LogP contribution >= 0.6 is 11.6 Å². The molecule has 24 heavy (non-hydrogen) atoms. The van der Waals surface area contributed by atoms with Crippen LogP contribution in [0, 0.1) is 0 Å². The van der Waals surface area contributed by atoms with E-state index in [2.05, 4.69) is 0 Å². The number of β-amino-alcohol motifs (C(OH)–C–C–N with tert-alkyl or cyclic N) is 1. The van der Waals surface area contributed by atoms with E-state index >= 15 is 0 Å². The minimum atomic E-state index is -1.55. The molecule has 0 radical (unpaired) electrons. The Morgan fingerprint density at radius 1 is 1.46 bits per heavy atom. The predicted molar refractivity (Wildman–Crippen MR) is 90.9 cm³/mol. The summed E-state index contributed by atoms with van der Waals surface area (Å²) in [5, 5.41) is 11.3. The second kappa shape index (κ2) is 7.40. The van der Waals surface area contributed by atoms with Gasteiger partial charge >= 0.3 is 0 Å². The van der Waals surface area contributed by atoms with Crippen molar-refractivity contribution in [2.75, 3.05) is 27.2 Å². The van der Waals surface area contributed by atoms with E-state index < -0.39 is 11.5 Å². The molecule has 1 heterocycles. The van der Waals surface area contributed by atoms with E-state index in [1.165, 1.54) is 16.7 Å². The van der Waals surface area contributed by atoms with Crippen molar-refractivity contribution in [2.24, 2.45) is 0 Å². The predicted octanol–water partition coefficient (Wildman–Crippen LogP) is 1.68. The van der Waals surface area contributed by atoms with Gasteiger partial charge in [-0.3, -0.25) is 9.59 Å². The molecular formula is C17H23ClN2O4. The summed E-state index contributed by atoms with van der Waals surface area (Å²) >= 11 is 6.01. The number of halogens is 1. The van der Waals surface area contributed by atoms with Gasteiger partial charge in [-0.1, -0.05) is 11.6 Å². The lowest BCUT2D eigenvalue weighted by Crippen LogP contribution is -2.58. The van der Waals surface area contributed by atoms with Gasteiger partial charge in [0, 0.05) is 37.6 Å². The fraction of sp³-hybridized carbons (Fsp3) is 0.529. The second-order valence-electron chi connectivity index (χ2n) is 6.19. The van der Waals surface area contributed by atoms with Crippen molar-refractivity contribution in [1.29, 1.82) is 0 Å². The van der Waals surface area contributed by atoms with Gasteiger partial charge in [0.1, 0.15) is 5.75 Å². The molecule has 2 amide bonds. The SMILES string of the molecule is COc1ccc(Cl)cc1CN(C)C(=O)C1(O)CCCN(C(C)=O)C1. The fourth-order valence-electron chi connectivity index (χ4n) is 3.03. The molecule has 6 nitrogen and oxygen atoms in total. The number of amides is 2. The number of rotatable bonds is 4. The Balaban J connectivity index is 2.14. The first-order chi connectivity index (χ1) is 11.3. The lowest BCUT2D eigenvalue weighted by Gasteiger charge is -2.39. The minimum Gasteiger partial charge on any atom is -0.496 e. The molecule has 1 fully saturated rings. The summed E-state index contributed by atoms with van der Waals surface area (Å²) in [6.45, 7) is 2.29. The van der Waals surface area contributed by atoms with Crippen molar-refractivity contribution in [3.8, 4) is 5.75 Å². The summed E-state index contributed by atoms with van der Waals surface area (Å²) in [7, 11) is 3.17. The van der Waals surface area contributed by atoms with E-state index in [0.29, 0.717) is 30.2 Å². The summed E-state index contributed by atoms with van der Waals surface area (Å²) in [6, 6.07) is 5.19. The maximum atomic E-state index is 12.7. The van der Waals surface area contributed by atoms with Crippen molar-refractivity contribution < 1.29 is 19.4 Å². The van der Waals surface area contributed by atoms with Gasteiger partial charge in [0.05, 0.1) is 13.7 Å². The molecule has 1 aliphatic rings. The molecule has 1 aliphatic heterocycles. The molecule has 0 aliphatic carbocycles. The van der Waals surface area contributed by atoms with Crippen LogP contribution in [0.25, 0.3) is 0 Å². The number of likely N-dealkylation sites (N-methyl/N-ethyl adjacent to an activating group) is 1. The molecular weight excluding hydrogens is 332 g/mol. The lowest BCUT2D eigenvalue weighted by molar-refractivity contribution is -0.159. The molecule has 1 saturated heterocycles. The van der Waals surface area contributed by atoms with Crippen molar-refractivity contribution in [2.45, 2.75) is 31.9 Å². The molecule has 7 heteroatoms. The summed E-state index contributed by atoms with van der Waals surface area (Å²) in [4.78, 5) is 27.2. The maximum absolute atomic E-state index is 12.7. The van der Waals surface area contributed by atoms with Gasteiger partial charge < -0.3 is 19.6 Å². The van der Waals surface area contributed by atoms with Gasteiger partial charge in [0.15, 0.2) is 5.60 Å². The molecule has 1 aromatic carbocycles. The van der Waals surface area contributed by atoms with Crippen molar-refractivity contribution in [3.05, 3.63) is 28.8 Å². The Bertz CT molecular complexity index is 637. The average molecular weight is 355 g/mol. The third-order valence-corrected chi connectivity index (χ3v) is 4.55. The first-order valence-electron chi connectivity index (χ1n) is 7.83. The minimum absolute atomic E-state index is 0.0260. The molecule has 132 valence electrons. The quantitative estimate of drug-likeness (QED) is 0.893. The molecule has 0 bridgehead atoms. The number of ether oxygens (including phenoxy) is 1. The molecule has 1 N–H and O–H groups in total. The number of benzene rings is 1. The third-order valence-electron chi connectivity index (χ3n) is 4.31. The Morgan fingerprint density at radius 3 is 2.79 bits per heavy atom. The Morgan fingerprint density at radius 2 is 2.17 bits per heavy atom. The number of nitrogens with zero attached hydrogens (tertiary/aromatic N) is 2. The highest BCUT2D eigenvalue weighted by Gasteiger charge is 2.42. The molecule has 1 aromatic rings. The van der Waals surface area contributed by atoms with Crippen LogP contribution in [0.3, 0.4) is 0 Å². The number of likely N-dealkylation sites (tertiary alicyclic amines) is 1. The summed E-state index contributed by atoms with van der Waals surface area (Å²) < 4.78 is 5.29. The standard InChI is InChI=1S/C17H23ClN2O4/c1-12(21)20-8-4-7-17(23,11-20)16(22)19(2)10-13-9-14(18)5-6-15(13)24-3/h5-6,9,23H,4,7-8,10-11H2,1-3H3. The zero-order chi connectivity index (χ0) is 17.9. The molecule has 1 atom stereocenters. The van der Waals surface area contributed by atoms with Crippen LogP contribution in [0.5, 0.6) is 5.75 Å². The Labute approximate surface area is 146 Å². The number of carbonyl (C=O) groups excluding carboxylic acids is 2. The van der Waals surface area contributed by atoms with Crippen LogP contribution in [0.15, 0.2) is 18.2 Å². The van der Waals surface area contributed by atoms with Gasteiger partial charge in [0.2, 0.25) is 5.91 Å². The topological polar surface area (TPSA) is 70.1 Å². The molecule has 0 aromatic heterocycles. The van der Waals surface area contributed by atoms with Crippen LogP contribution < -0.4 is 4.74 Å². The summed E-state index contributed by atoms with van der Waals surface area (Å²) in [5.41, 5.74) is -0.798. The van der Waals surface area contributed by atoms with E-state index in [-0.39, 0.29) is 19.0 Å². The van der Waals surface area contributed by atoms with Gasteiger partial charge in [-0.25, -0.2) is 0 Å². The fourth-order valence-corrected chi connectivity index (χ4v) is 3.23. The van der Waals surface area contributed by atoms with Crippen LogP contribution in [-0.2, 0) is 16.1 Å². The van der Waals surface area contributed by atoms with Crippen LogP contribution in [0.2, 0.25) is 5.02 Å². The van der Waals surface area contributed by atoms with E-state index in [0.717, 1.165) is 5.56 Å². The monoisotopic (exact) mass is 354 g/mol. The lowest BCUT2D eigenvalue weighted by atomic mass is 9.91. The summed E-state index contributed by atoms with van der Waals surface area (Å²) in [5.74, 6) is 0.0793. The van der Waals surface area contributed by atoms with E-state index in [1.807, 2.05) is 0 Å². The van der Waals surface area contributed by atoms with Crippen molar-refractivity contribution in [1.82, 2.24) is 9.80 Å². The number of aliphatic hydroxyl groups is 1. The highest BCUT2D eigenvalue weighted by Crippen LogP contribution is 2.27. The number of hydrogen-bond donors (Lipinski definition) is 1. The zero-order valence-corrected chi connectivity index (χ0v) is 15.0. The highest BCUT2D eigenvalue weighted by atomic mass is 35.5. The molecule has 2 rings (SSSR count). The molecule has 0 spiro atoms. The largest absolute Gasteiger partial charge is 0.496 e. The first kappa shape index (κ1) is 18.5. The van der Waals surface area contributed by atoms with Crippen LogP contribution in [0.1, 0.15) is 25.3 Å². The Kier molecular flexibility index (Phi) is 5.72. The van der Waals surface area contributed by atoms with Crippen LogP contribution in [0.4, 0.5) is 0 Å². The van der Waals surface area contributed by atoms with Crippen molar-refractivity contribution in [3.63, 3.8) is 0 Å². The zero-order valence-electron chi connectivity index (χ0n) is 14.2. The second-order valence-corrected chi connectivity index (χ2v) is 6.63. The average Bonchev–Trinajstić information content (AvgIpc) is 2.54. The number of carbonyl (C=O) groups is 2. The van der Waals surface area contributed by atoms with Gasteiger partial charge in [-0.05, 0) is 31.0 Å². The first-order valence-corrected chi connectivity index (χ1v) is 8.20. The normalized spacial score (nSPS) is 20.6. The molecule has 0 saturated carbocycles.